The number of carbonyl (C=O) groups excluding carboxylic acids is 11. The van der Waals surface area contributed by atoms with Crippen LogP contribution in [0.25, 0.3) is 0 Å². The second-order valence-corrected chi connectivity index (χ2v) is 34.9. The summed E-state index contributed by atoms with van der Waals surface area (Å²) in [6.07, 6.45) is 18.4. The van der Waals surface area contributed by atoms with Crippen LogP contribution in [-0.2, 0) is 83.2 Å². The SMILES string of the molecule is C[C@H]1CC[C@H](c2ccc3c(c2)CCC(=O)N3)NC1.Cc1ncc(NC(=O)C(=O)N2C[C@@H](C)CC[C@@H]2c2ccc3c(c2)CCC(=O)N3)cc1Cl.Cc1ncc(NC(=O)C(=O)N2C[C@@H](C)CC[C@@H]2c2ccc3c(c2)CCC(=O)N3)cc1Cl.Cc1ncc(NC(=O)C(=O)N2C[C@H](C)CC[C@H]2c2ccc3c(c2)CCC(=O)N3)cc1Cl.Cc1ncc(NC(=O)C(=O)O)cc1Cl. The van der Waals surface area contributed by atoms with Crippen LogP contribution in [0.3, 0.4) is 0 Å². The molecule has 12 heterocycles. The fraction of sp³-hybridized carbons (Fsp3) is 0.391. The molecule has 0 radical (unpaired) electrons. The van der Waals surface area contributed by atoms with Gasteiger partial charge >= 0.3 is 47.3 Å². The largest absolute Gasteiger partial charge is 0.474 e. The number of hydrogen-bond acceptors (Lipinski definition) is 17. The topological polar surface area (TPSA) is 395 Å². The molecule has 0 aliphatic carbocycles. The van der Waals surface area contributed by atoms with Crippen LogP contribution in [0.4, 0.5) is 45.5 Å². The van der Waals surface area contributed by atoms with Gasteiger partial charge < -0.3 is 67.7 Å². The molecule has 10 N–H and O–H groups in total. The highest BCUT2D eigenvalue weighted by atomic mass is 35.5. The Morgan fingerprint density at radius 2 is 0.616 bits per heavy atom. The number of carboxylic acid groups (broad SMARTS) is 1. The molecule has 125 heavy (non-hydrogen) atoms. The number of anilines is 8. The van der Waals surface area contributed by atoms with Gasteiger partial charge in [-0.1, -0.05) is 123 Å². The smallest absolute Gasteiger partial charge is 0.394 e. The molecule has 8 aliphatic heterocycles. The van der Waals surface area contributed by atoms with Crippen molar-refractivity contribution in [2.45, 2.75) is 182 Å². The normalized spacial score (nSPS) is 20.4. The fourth-order valence-electron chi connectivity index (χ4n) is 16.3. The minimum atomic E-state index is -1.55. The summed E-state index contributed by atoms with van der Waals surface area (Å²) in [5.41, 5.74) is 16.3. The average Bonchev–Trinajstić information content (AvgIpc) is 0.787. The van der Waals surface area contributed by atoms with E-state index in [2.05, 4.69) is 132 Å². The monoisotopic (exact) mass is 1780 g/mol. The van der Waals surface area contributed by atoms with Crippen molar-refractivity contribution in [3.8, 4) is 0 Å². The van der Waals surface area contributed by atoms with Crippen LogP contribution < -0.4 is 47.9 Å². The quantitative estimate of drug-likeness (QED) is 0.0632. The number of fused-ring (bicyclic) bond motifs is 4. The molecule has 0 bridgehead atoms. The summed E-state index contributed by atoms with van der Waals surface area (Å²) in [6, 6.07) is 30.3. The number of halogens is 4. The van der Waals surface area contributed by atoms with E-state index in [0.717, 1.165) is 114 Å². The molecule has 4 aromatic heterocycles. The maximum Gasteiger partial charge on any atom is 0.394 e. The highest BCUT2D eigenvalue weighted by Crippen LogP contribution is 2.41. The summed E-state index contributed by atoms with van der Waals surface area (Å²) >= 11 is 24.0. The Labute approximate surface area is 744 Å². The molecule has 656 valence electrons. The van der Waals surface area contributed by atoms with E-state index in [1.54, 1.807) is 60.6 Å². The average molecular weight is 1780 g/mol. The molecule has 8 aliphatic rings. The van der Waals surface area contributed by atoms with Crippen LogP contribution in [0, 0.1) is 51.4 Å². The molecular weight excluding hydrogens is 1680 g/mol. The molecule has 16 rings (SSSR count). The van der Waals surface area contributed by atoms with Crippen molar-refractivity contribution in [2.75, 3.05) is 68.7 Å². The van der Waals surface area contributed by atoms with Crippen molar-refractivity contribution < 1.29 is 62.6 Å². The first-order valence-corrected chi connectivity index (χ1v) is 43.5. The lowest BCUT2D eigenvalue weighted by Gasteiger charge is -2.39. The molecule has 29 nitrogen and oxygen atoms in total. The van der Waals surface area contributed by atoms with E-state index in [0.29, 0.717) is 148 Å². The van der Waals surface area contributed by atoms with Crippen molar-refractivity contribution in [3.05, 3.63) is 209 Å². The minimum absolute atomic E-state index is 0.0194. The van der Waals surface area contributed by atoms with E-state index < -0.39 is 47.3 Å². The third-order valence-corrected chi connectivity index (χ3v) is 25.0. The number of carboxylic acids is 1. The summed E-state index contributed by atoms with van der Waals surface area (Å²) < 4.78 is 0. The molecule has 4 aromatic carbocycles. The Balaban J connectivity index is 0.000000146. The van der Waals surface area contributed by atoms with Gasteiger partial charge in [-0.15, -0.1) is 0 Å². The highest BCUT2D eigenvalue weighted by Gasteiger charge is 2.39. The molecule has 0 saturated carbocycles. The number of hydrogen-bond donors (Lipinski definition) is 10. The van der Waals surface area contributed by atoms with Gasteiger partial charge in [0.05, 0.1) is 109 Å². The first-order chi connectivity index (χ1) is 59.7. The lowest BCUT2D eigenvalue weighted by atomic mass is 9.88. The summed E-state index contributed by atoms with van der Waals surface area (Å²) in [4.78, 5) is 166. The van der Waals surface area contributed by atoms with E-state index in [9.17, 15) is 57.5 Å². The van der Waals surface area contributed by atoms with E-state index in [1.807, 2.05) is 36.4 Å². The Hall–Kier alpha value is -11.8. The minimum Gasteiger partial charge on any atom is -0.474 e. The molecule has 0 unspecified atom stereocenters. The lowest BCUT2D eigenvalue weighted by Crippen LogP contribution is -2.46. The van der Waals surface area contributed by atoms with Crippen LogP contribution in [-0.4, -0.2) is 137 Å². The lowest BCUT2D eigenvalue weighted by molar-refractivity contribution is -0.147. The van der Waals surface area contributed by atoms with E-state index in [-0.39, 0.29) is 47.4 Å². The van der Waals surface area contributed by atoms with Gasteiger partial charge in [0.25, 0.3) is 0 Å². The number of pyridine rings is 4. The predicted octanol–water partition coefficient (Wildman–Crippen LogP) is 15.3. The van der Waals surface area contributed by atoms with Gasteiger partial charge in [0.1, 0.15) is 0 Å². The summed E-state index contributed by atoms with van der Waals surface area (Å²) in [6.45, 7) is 18.2. The first-order valence-electron chi connectivity index (χ1n) is 42.0. The molecule has 4 saturated heterocycles. The van der Waals surface area contributed by atoms with Gasteiger partial charge in [0.15, 0.2) is 0 Å². The Kier molecular flexibility index (Phi) is 30.9. The van der Waals surface area contributed by atoms with Crippen LogP contribution in [0.1, 0.15) is 196 Å². The van der Waals surface area contributed by atoms with Crippen molar-refractivity contribution >= 4 is 163 Å². The number of carbonyl (C=O) groups is 12. The number of rotatable bonds is 8. The number of nitrogens with one attached hydrogen (secondary N) is 9. The zero-order valence-electron chi connectivity index (χ0n) is 70.8. The fourth-order valence-corrected chi connectivity index (χ4v) is 17.0. The van der Waals surface area contributed by atoms with Crippen LogP contribution >= 0.6 is 46.4 Å². The van der Waals surface area contributed by atoms with E-state index in [1.165, 1.54) is 54.8 Å². The molecule has 11 amide bonds. The Morgan fingerprint density at radius 1 is 0.352 bits per heavy atom. The number of likely N-dealkylation sites (tertiary alicyclic amines) is 3. The first kappa shape index (κ1) is 92.4. The molecular formula is C92H102Cl4N16O13. The number of nitrogens with zero attached hydrogens (tertiary/aromatic N) is 7. The Bertz CT molecular complexity index is 5120. The third-order valence-electron chi connectivity index (χ3n) is 23.5. The van der Waals surface area contributed by atoms with Crippen molar-refractivity contribution in [2.24, 2.45) is 23.7 Å². The summed E-state index contributed by atoms with van der Waals surface area (Å²) in [7, 11) is 0. The molecule has 0 spiro atoms. The zero-order chi connectivity index (χ0) is 89.6. The maximum atomic E-state index is 13.1. The van der Waals surface area contributed by atoms with Gasteiger partial charge in [-0.25, -0.2) is 4.79 Å². The molecule has 4 fully saturated rings. The third kappa shape index (κ3) is 24.2. The molecule has 8 atom stereocenters. The standard InChI is InChI=1S/3C23H25ClN4O3.C15H20N2O.C8H7ClN2O3/c3*1-13-3-7-20(16-4-6-19-15(9-16)5-8-21(29)27-19)28(12-13)23(31)22(30)26-17-10-18(24)14(2)25-11-17;1-10-2-5-13(16-9-10)11-3-6-14-12(8-11)4-7-15(18)17-14;1-4-6(9)2-5(3-10-4)11-7(12)8(13)14/h3*4,6,9-11,13,20H,3,5,7-8,12H2,1-2H3,(H,26,30)(H,27,29);3,6,8,10,13,16H,2,4-5,7,9H2,1H3,(H,17,18);2-3H,1H3,(H,11,12)(H,13,14)/t3*13-,20+;10-,13+;/m1000./s1. The highest BCUT2D eigenvalue weighted by molar-refractivity contribution is 6.41. The predicted molar refractivity (Wildman–Crippen MR) is 479 cm³/mol. The van der Waals surface area contributed by atoms with Gasteiger partial charge in [-0.2, -0.15) is 0 Å². The number of aryl methyl sites for hydroxylation is 8. The molecule has 33 heteroatoms. The number of aromatic nitrogens is 4. The van der Waals surface area contributed by atoms with Gasteiger partial charge in [-0.3, -0.25) is 72.7 Å². The number of benzene rings is 4. The van der Waals surface area contributed by atoms with Gasteiger partial charge in [-0.05, 0) is 228 Å². The van der Waals surface area contributed by atoms with Crippen molar-refractivity contribution in [1.82, 2.24) is 40.0 Å². The summed E-state index contributed by atoms with van der Waals surface area (Å²) in [5.74, 6) is -4.59. The molecule has 8 aromatic rings. The van der Waals surface area contributed by atoms with Gasteiger partial charge in [0, 0.05) is 74.1 Å². The maximum absolute atomic E-state index is 13.1. The second kappa shape index (κ2) is 41.8. The number of piperidine rings is 4. The van der Waals surface area contributed by atoms with Crippen LogP contribution in [0.15, 0.2) is 122 Å². The number of aliphatic carboxylic acids is 1. The van der Waals surface area contributed by atoms with E-state index in [4.69, 9.17) is 51.5 Å². The Morgan fingerprint density at radius 3 is 0.880 bits per heavy atom. The number of amides is 11. The zero-order valence-corrected chi connectivity index (χ0v) is 73.8. The summed E-state index contributed by atoms with van der Waals surface area (Å²) in [5, 5.41) is 35.2. The van der Waals surface area contributed by atoms with Crippen molar-refractivity contribution in [3.63, 3.8) is 0 Å². The van der Waals surface area contributed by atoms with Crippen molar-refractivity contribution in [1.29, 1.82) is 0 Å². The van der Waals surface area contributed by atoms with Gasteiger partial charge in [0.2, 0.25) is 23.6 Å². The van der Waals surface area contributed by atoms with E-state index >= 15 is 0 Å². The second-order valence-electron chi connectivity index (χ2n) is 33.3. The van der Waals surface area contributed by atoms with Crippen LogP contribution in [0.2, 0.25) is 20.1 Å². The van der Waals surface area contributed by atoms with Crippen LogP contribution in [0.5, 0.6) is 0 Å².